The van der Waals surface area contributed by atoms with E-state index in [1.165, 1.54) is 21.3 Å². The number of amides is 1. The third-order valence-electron chi connectivity index (χ3n) is 6.20. The highest BCUT2D eigenvalue weighted by Gasteiger charge is 2.36. The minimum atomic E-state index is -3.85. The van der Waals surface area contributed by atoms with Crippen molar-refractivity contribution in [3.05, 3.63) is 87.9 Å². The van der Waals surface area contributed by atoms with Crippen LogP contribution in [-0.2, 0) is 21.2 Å². The Labute approximate surface area is 198 Å². The number of halogens is 1. The lowest BCUT2D eigenvalue weighted by molar-refractivity contribution is -0.133. The van der Waals surface area contributed by atoms with Gasteiger partial charge in [-0.3, -0.25) is 4.79 Å². The highest BCUT2D eigenvalue weighted by molar-refractivity contribution is 7.89. The molecule has 1 aromatic heterocycles. The summed E-state index contributed by atoms with van der Waals surface area (Å²) in [4.78, 5) is 16.7. The summed E-state index contributed by atoms with van der Waals surface area (Å²) in [5, 5.41) is 2.00. The van der Waals surface area contributed by atoms with Crippen molar-refractivity contribution < 1.29 is 17.6 Å². The van der Waals surface area contributed by atoms with Crippen LogP contribution in [0.4, 0.5) is 4.39 Å². The van der Waals surface area contributed by atoms with E-state index >= 15 is 0 Å². The fraction of sp³-hybridized carbons (Fsp3) is 0.320. The van der Waals surface area contributed by atoms with Gasteiger partial charge in [-0.15, -0.1) is 11.3 Å². The molecule has 0 spiro atoms. The summed E-state index contributed by atoms with van der Waals surface area (Å²) in [5.41, 5.74) is 1.83. The summed E-state index contributed by atoms with van der Waals surface area (Å²) in [6.07, 6.45) is 1.29. The molecular formula is C25H27FN2O3S2. The van der Waals surface area contributed by atoms with Crippen LogP contribution in [0.3, 0.4) is 0 Å². The summed E-state index contributed by atoms with van der Waals surface area (Å²) in [7, 11) is -3.85. The monoisotopic (exact) mass is 486 g/mol. The van der Waals surface area contributed by atoms with Crippen LogP contribution >= 0.6 is 11.3 Å². The zero-order chi connectivity index (χ0) is 23.6. The number of thiophene rings is 1. The van der Waals surface area contributed by atoms with Crippen LogP contribution in [0.1, 0.15) is 42.3 Å². The molecular weight excluding hydrogens is 459 g/mol. The van der Waals surface area contributed by atoms with Gasteiger partial charge in [0.1, 0.15) is 5.82 Å². The molecule has 8 heteroatoms. The molecule has 33 heavy (non-hydrogen) atoms. The van der Waals surface area contributed by atoms with Crippen LogP contribution in [-0.4, -0.2) is 42.7 Å². The molecule has 2 aromatic carbocycles. The number of nitrogens with zero attached hydrogens (tertiary/aromatic N) is 2. The number of carbonyl (C=O) groups excluding carboxylic acids is 1. The second-order valence-corrected chi connectivity index (χ2v) is 11.1. The Kier molecular flexibility index (Phi) is 6.97. The number of rotatable bonds is 7. The Morgan fingerprint density at radius 3 is 2.52 bits per heavy atom. The zero-order valence-corrected chi connectivity index (χ0v) is 20.3. The SMILES string of the molecule is CCC(C)N(CC(=O)N1CCc2sccc2C1c1ccc(F)cc1)S(=O)(=O)c1ccccc1. The van der Waals surface area contributed by atoms with Crippen molar-refractivity contribution in [3.63, 3.8) is 0 Å². The molecule has 0 aliphatic carbocycles. The van der Waals surface area contributed by atoms with E-state index < -0.39 is 10.0 Å². The minimum Gasteiger partial charge on any atom is -0.330 e. The van der Waals surface area contributed by atoms with Crippen LogP contribution in [0.2, 0.25) is 0 Å². The van der Waals surface area contributed by atoms with Crippen LogP contribution in [0.15, 0.2) is 70.9 Å². The van der Waals surface area contributed by atoms with E-state index in [1.807, 2.05) is 25.3 Å². The Bertz CT molecular complexity index is 1210. The molecule has 0 N–H and O–H groups in total. The molecule has 2 heterocycles. The van der Waals surface area contributed by atoms with Crippen molar-refractivity contribution in [1.82, 2.24) is 9.21 Å². The normalized spacial score (nSPS) is 17.1. The number of sulfonamides is 1. The second-order valence-electron chi connectivity index (χ2n) is 8.21. The lowest BCUT2D eigenvalue weighted by atomic mass is 9.93. The average molecular weight is 487 g/mol. The van der Waals surface area contributed by atoms with Gasteiger partial charge in [0, 0.05) is 17.5 Å². The third-order valence-corrected chi connectivity index (χ3v) is 9.17. The first kappa shape index (κ1) is 23.6. The molecule has 0 radical (unpaired) electrons. The van der Waals surface area contributed by atoms with Crippen LogP contribution < -0.4 is 0 Å². The number of hydrogen-bond donors (Lipinski definition) is 0. The van der Waals surface area contributed by atoms with Crippen molar-refractivity contribution in [2.75, 3.05) is 13.1 Å². The number of carbonyl (C=O) groups is 1. The number of hydrogen-bond acceptors (Lipinski definition) is 4. The number of fused-ring (bicyclic) bond motifs is 1. The third kappa shape index (κ3) is 4.74. The summed E-state index contributed by atoms with van der Waals surface area (Å²) >= 11 is 1.65. The van der Waals surface area contributed by atoms with Gasteiger partial charge in [0.2, 0.25) is 15.9 Å². The highest BCUT2D eigenvalue weighted by atomic mass is 32.2. The van der Waals surface area contributed by atoms with Gasteiger partial charge in [-0.05, 0) is 66.6 Å². The Morgan fingerprint density at radius 1 is 1.15 bits per heavy atom. The fourth-order valence-corrected chi connectivity index (χ4v) is 6.80. The van der Waals surface area contributed by atoms with Crippen LogP contribution in [0.25, 0.3) is 0 Å². The molecule has 1 amide bonds. The van der Waals surface area contributed by atoms with Gasteiger partial charge in [0.05, 0.1) is 17.5 Å². The largest absolute Gasteiger partial charge is 0.330 e. The average Bonchev–Trinajstić information content (AvgIpc) is 3.31. The van der Waals surface area contributed by atoms with E-state index in [0.29, 0.717) is 19.4 Å². The van der Waals surface area contributed by atoms with Crippen LogP contribution in [0, 0.1) is 5.82 Å². The van der Waals surface area contributed by atoms with E-state index in [9.17, 15) is 17.6 Å². The van der Waals surface area contributed by atoms with E-state index in [4.69, 9.17) is 0 Å². The minimum absolute atomic E-state index is 0.173. The smallest absolute Gasteiger partial charge is 0.243 e. The Hall–Kier alpha value is -2.55. The van der Waals surface area contributed by atoms with Crippen molar-refractivity contribution >= 4 is 27.3 Å². The molecule has 0 saturated heterocycles. The van der Waals surface area contributed by atoms with Crippen molar-refractivity contribution in [2.45, 2.75) is 43.7 Å². The van der Waals surface area contributed by atoms with Crippen molar-refractivity contribution in [2.24, 2.45) is 0 Å². The molecule has 0 bridgehead atoms. The van der Waals surface area contributed by atoms with E-state index in [-0.39, 0.29) is 35.2 Å². The first-order valence-corrected chi connectivity index (χ1v) is 13.3. The van der Waals surface area contributed by atoms with Gasteiger partial charge in [-0.2, -0.15) is 4.31 Å². The van der Waals surface area contributed by atoms with Crippen LogP contribution in [0.5, 0.6) is 0 Å². The van der Waals surface area contributed by atoms with E-state index in [2.05, 4.69) is 0 Å². The fourth-order valence-electron chi connectivity index (χ4n) is 4.22. The summed E-state index contributed by atoms with van der Waals surface area (Å²) < 4.78 is 41.7. The standard InChI is InChI=1S/C25H27FN2O3S2/c1-3-18(2)28(33(30,31)21-7-5-4-6-8-21)17-24(29)27-15-13-23-22(14-16-32-23)25(27)19-9-11-20(26)12-10-19/h4-12,14,16,18,25H,3,13,15,17H2,1-2H3. The van der Waals surface area contributed by atoms with Gasteiger partial charge in [0.25, 0.3) is 0 Å². The molecule has 4 rings (SSSR count). The first-order valence-electron chi connectivity index (χ1n) is 11.0. The molecule has 3 aromatic rings. The molecule has 174 valence electrons. The van der Waals surface area contributed by atoms with E-state index in [1.54, 1.807) is 58.7 Å². The lowest BCUT2D eigenvalue weighted by Gasteiger charge is -2.38. The molecule has 1 aliphatic rings. The summed E-state index contributed by atoms with van der Waals surface area (Å²) in [5.74, 6) is -0.601. The lowest BCUT2D eigenvalue weighted by Crippen LogP contribution is -2.49. The first-order chi connectivity index (χ1) is 15.8. The van der Waals surface area contributed by atoms with Crippen molar-refractivity contribution in [1.29, 1.82) is 0 Å². The molecule has 0 saturated carbocycles. The topological polar surface area (TPSA) is 57.7 Å². The quantitative estimate of drug-likeness (QED) is 0.480. The van der Waals surface area contributed by atoms with Gasteiger partial charge in [0.15, 0.2) is 0 Å². The maximum Gasteiger partial charge on any atom is 0.243 e. The molecule has 5 nitrogen and oxygen atoms in total. The van der Waals surface area contributed by atoms with Gasteiger partial charge in [-0.25, -0.2) is 12.8 Å². The molecule has 2 unspecified atom stereocenters. The number of benzene rings is 2. The van der Waals surface area contributed by atoms with E-state index in [0.717, 1.165) is 11.1 Å². The highest BCUT2D eigenvalue weighted by Crippen LogP contribution is 2.38. The predicted molar refractivity (Wildman–Crippen MR) is 128 cm³/mol. The maximum absolute atomic E-state index is 13.6. The molecule has 0 fully saturated rings. The summed E-state index contributed by atoms with van der Waals surface area (Å²) in [6, 6.07) is 15.7. The second kappa shape index (κ2) is 9.75. The maximum atomic E-state index is 13.6. The Morgan fingerprint density at radius 2 is 1.85 bits per heavy atom. The summed E-state index contributed by atoms with van der Waals surface area (Å²) in [6.45, 7) is 3.96. The van der Waals surface area contributed by atoms with Gasteiger partial charge in [-0.1, -0.05) is 37.3 Å². The Balaban J connectivity index is 1.68. The van der Waals surface area contributed by atoms with Crippen molar-refractivity contribution in [3.8, 4) is 0 Å². The molecule has 1 aliphatic heterocycles. The zero-order valence-electron chi connectivity index (χ0n) is 18.6. The molecule has 2 atom stereocenters. The predicted octanol–water partition coefficient (Wildman–Crippen LogP) is 4.85. The van der Waals surface area contributed by atoms with Gasteiger partial charge >= 0.3 is 0 Å². The van der Waals surface area contributed by atoms with Gasteiger partial charge < -0.3 is 4.90 Å².